The van der Waals surface area contributed by atoms with Crippen LogP contribution in [0.25, 0.3) is 0 Å². The minimum atomic E-state index is -0.268. The molecule has 0 radical (unpaired) electrons. The van der Waals surface area contributed by atoms with Gasteiger partial charge >= 0.3 is 0 Å². The topological polar surface area (TPSA) is 52.6 Å². The van der Waals surface area contributed by atoms with E-state index in [0.717, 1.165) is 71.6 Å². The zero-order valence-electron chi connectivity index (χ0n) is 15.0. The summed E-state index contributed by atoms with van der Waals surface area (Å²) in [5.74, 6) is 2.50. The lowest BCUT2D eigenvalue weighted by Gasteiger charge is -2.36. The standard InChI is InChI=1S/C22H22O4/c1-12-10-14-11-13(8-9-17(14)25-12)20-21-15(23)4-2-6-18(21)26-19-7-3-5-16(24)22(19)20/h8-9,11-12,20H,2-7,10H2,1H3/t12-/m1/s1. The highest BCUT2D eigenvalue weighted by Gasteiger charge is 2.42. The molecule has 4 nitrogen and oxygen atoms in total. The molecule has 134 valence electrons. The van der Waals surface area contributed by atoms with Crippen LogP contribution in [0.15, 0.2) is 40.9 Å². The van der Waals surface area contributed by atoms with Gasteiger partial charge in [0.15, 0.2) is 11.6 Å². The van der Waals surface area contributed by atoms with Crippen molar-refractivity contribution < 1.29 is 19.1 Å². The first-order valence-electron chi connectivity index (χ1n) is 9.61. The van der Waals surface area contributed by atoms with Crippen LogP contribution >= 0.6 is 0 Å². The van der Waals surface area contributed by atoms with E-state index in [1.807, 2.05) is 12.1 Å². The Morgan fingerprint density at radius 1 is 0.923 bits per heavy atom. The third-order valence-electron chi connectivity index (χ3n) is 5.89. The summed E-state index contributed by atoms with van der Waals surface area (Å²) in [6.45, 7) is 2.06. The maximum atomic E-state index is 12.8. The van der Waals surface area contributed by atoms with Crippen LogP contribution < -0.4 is 4.74 Å². The van der Waals surface area contributed by atoms with Crippen molar-refractivity contribution in [1.29, 1.82) is 0 Å². The molecule has 2 heterocycles. The minimum Gasteiger partial charge on any atom is -0.490 e. The number of hydrogen-bond donors (Lipinski definition) is 0. The van der Waals surface area contributed by atoms with Gasteiger partial charge in [0.2, 0.25) is 0 Å². The van der Waals surface area contributed by atoms with Crippen molar-refractivity contribution in [2.45, 2.75) is 63.9 Å². The second kappa shape index (κ2) is 5.83. The lowest BCUT2D eigenvalue weighted by molar-refractivity contribution is -0.117. The number of allylic oxidation sites excluding steroid dienone is 4. The van der Waals surface area contributed by atoms with E-state index in [1.54, 1.807) is 0 Å². The van der Waals surface area contributed by atoms with E-state index in [0.29, 0.717) is 12.8 Å². The molecule has 0 saturated carbocycles. The maximum Gasteiger partial charge on any atom is 0.163 e. The van der Waals surface area contributed by atoms with Gasteiger partial charge in [-0.3, -0.25) is 9.59 Å². The lowest BCUT2D eigenvalue weighted by Crippen LogP contribution is -2.30. The molecule has 1 aromatic rings. The molecule has 2 aliphatic carbocycles. The summed E-state index contributed by atoms with van der Waals surface area (Å²) in [4.78, 5) is 25.6. The van der Waals surface area contributed by atoms with E-state index in [4.69, 9.17) is 9.47 Å². The summed E-state index contributed by atoms with van der Waals surface area (Å²) < 4.78 is 11.9. The highest BCUT2D eigenvalue weighted by molar-refractivity contribution is 6.05. The molecule has 1 aromatic carbocycles. The van der Waals surface area contributed by atoms with Crippen molar-refractivity contribution >= 4 is 11.6 Å². The van der Waals surface area contributed by atoms with Crippen LogP contribution in [0, 0.1) is 0 Å². The average Bonchev–Trinajstić information content (AvgIpc) is 2.99. The van der Waals surface area contributed by atoms with Gasteiger partial charge in [-0.05, 0) is 37.0 Å². The molecular weight excluding hydrogens is 328 g/mol. The highest BCUT2D eigenvalue weighted by atomic mass is 16.5. The van der Waals surface area contributed by atoms with Gasteiger partial charge in [-0.25, -0.2) is 0 Å². The summed E-state index contributed by atoms with van der Waals surface area (Å²) >= 11 is 0. The predicted octanol–water partition coefficient (Wildman–Crippen LogP) is 4.14. The Bertz CT molecular complexity index is 847. The maximum absolute atomic E-state index is 12.8. The van der Waals surface area contributed by atoms with Crippen molar-refractivity contribution in [2.75, 3.05) is 0 Å². The molecule has 0 unspecified atom stereocenters. The van der Waals surface area contributed by atoms with Crippen LogP contribution in [0.1, 0.15) is 62.5 Å². The third kappa shape index (κ3) is 2.35. The van der Waals surface area contributed by atoms with Gasteiger partial charge in [0.1, 0.15) is 23.4 Å². The molecule has 4 aliphatic rings. The Labute approximate surface area is 152 Å². The second-order valence-electron chi connectivity index (χ2n) is 7.76. The number of carbonyl (C=O) groups is 2. The highest BCUT2D eigenvalue weighted by Crippen LogP contribution is 2.48. The van der Waals surface area contributed by atoms with Gasteiger partial charge in [0.25, 0.3) is 0 Å². The monoisotopic (exact) mass is 350 g/mol. The molecule has 0 amide bonds. The summed E-state index contributed by atoms with van der Waals surface area (Å²) in [5, 5.41) is 0. The van der Waals surface area contributed by atoms with Crippen molar-refractivity contribution in [3.63, 3.8) is 0 Å². The first-order valence-corrected chi connectivity index (χ1v) is 9.61. The Hall–Kier alpha value is -2.36. The van der Waals surface area contributed by atoms with Gasteiger partial charge in [-0.15, -0.1) is 0 Å². The van der Waals surface area contributed by atoms with Gasteiger partial charge in [0.05, 0.1) is 0 Å². The molecule has 0 aromatic heterocycles. The molecule has 0 saturated heterocycles. The number of fused-ring (bicyclic) bond motifs is 1. The number of rotatable bonds is 1. The van der Waals surface area contributed by atoms with Crippen molar-refractivity contribution in [2.24, 2.45) is 0 Å². The van der Waals surface area contributed by atoms with E-state index in [1.165, 1.54) is 0 Å². The molecule has 2 aliphatic heterocycles. The first-order chi connectivity index (χ1) is 12.6. The van der Waals surface area contributed by atoms with Crippen LogP contribution in [0.3, 0.4) is 0 Å². The summed E-state index contributed by atoms with van der Waals surface area (Å²) in [6, 6.07) is 6.14. The van der Waals surface area contributed by atoms with Gasteiger partial charge in [0, 0.05) is 49.2 Å². The van der Waals surface area contributed by atoms with E-state index in [9.17, 15) is 9.59 Å². The largest absolute Gasteiger partial charge is 0.490 e. The molecule has 0 spiro atoms. The minimum absolute atomic E-state index is 0.131. The van der Waals surface area contributed by atoms with E-state index >= 15 is 0 Å². The predicted molar refractivity (Wildman–Crippen MR) is 95.8 cm³/mol. The molecule has 1 atom stereocenters. The van der Waals surface area contributed by atoms with E-state index in [2.05, 4.69) is 13.0 Å². The van der Waals surface area contributed by atoms with Crippen LogP contribution in [0.4, 0.5) is 0 Å². The first kappa shape index (κ1) is 15.9. The molecule has 0 fully saturated rings. The zero-order valence-corrected chi connectivity index (χ0v) is 15.0. The Kier molecular flexibility index (Phi) is 3.56. The fraction of sp³-hybridized carbons (Fsp3) is 0.455. The van der Waals surface area contributed by atoms with E-state index in [-0.39, 0.29) is 23.6 Å². The average molecular weight is 350 g/mol. The van der Waals surface area contributed by atoms with Crippen LogP contribution in [0.5, 0.6) is 5.75 Å². The van der Waals surface area contributed by atoms with Crippen LogP contribution in [0.2, 0.25) is 0 Å². The Morgan fingerprint density at radius 2 is 1.58 bits per heavy atom. The normalized spacial score (nSPS) is 25.5. The fourth-order valence-electron chi connectivity index (χ4n) is 4.77. The third-order valence-corrected chi connectivity index (χ3v) is 5.89. The van der Waals surface area contributed by atoms with Gasteiger partial charge in [-0.2, -0.15) is 0 Å². The zero-order chi connectivity index (χ0) is 17.8. The fourth-order valence-corrected chi connectivity index (χ4v) is 4.77. The molecule has 4 heteroatoms. The SMILES string of the molecule is C[C@@H]1Cc2cc(C3C4=C(CCCC4=O)OC4=C3C(=O)CCC4)ccc2O1. The Morgan fingerprint density at radius 3 is 2.23 bits per heavy atom. The molecule has 26 heavy (non-hydrogen) atoms. The van der Waals surface area contributed by atoms with Crippen molar-refractivity contribution in [3.05, 3.63) is 52.0 Å². The number of benzene rings is 1. The van der Waals surface area contributed by atoms with Crippen LogP contribution in [-0.4, -0.2) is 17.7 Å². The second-order valence-corrected chi connectivity index (χ2v) is 7.76. The number of Topliss-reactive ketones (excluding diaryl/α,β-unsaturated/α-hetero) is 2. The molecule has 0 bridgehead atoms. The van der Waals surface area contributed by atoms with Gasteiger partial charge in [-0.1, -0.05) is 12.1 Å². The van der Waals surface area contributed by atoms with Crippen molar-refractivity contribution in [3.8, 4) is 5.75 Å². The summed E-state index contributed by atoms with van der Waals surface area (Å²) in [5.41, 5.74) is 3.63. The summed E-state index contributed by atoms with van der Waals surface area (Å²) in [6.07, 6.45) is 5.36. The van der Waals surface area contributed by atoms with Crippen LogP contribution in [-0.2, 0) is 20.7 Å². The smallest absolute Gasteiger partial charge is 0.163 e. The summed E-state index contributed by atoms with van der Waals surface area (Å²) in [7, 11) is 0. The molecule has 5 rings (SSSR count). The van der Waals surface area contributed by atoms with E-state index < -0.39 is 0 Å². The van der Waals surface area contributed by atoms with Gasteiger partial charge < -0.3 is 9.47 Å². The molecular formula is C22H22O4. The number of ketones is 2. The quantitative estimate of drug-likeness (QED) is 0.764. The number of ether oxygens (including phenoxy) is 2. The molecule has 0 N–H and O–H groups in total. The Balaban J connectivity index is 1.67. The number of hydrogen-bond acceptors (Lipinski definition) is 4. The lowest BCUT2D eigenvalue weighted by atomic mass is 9.73. The number of carbonyl (C=O) groups excluding carboxylic acids is 2. The van der Waals surface area contributed by atoms with Crippen molar-refractivity contribution in [1.82, 2.24) is 0 Å².